The molecule has 0 amide bonds. The van der Waals surface area contributed by atoms with Crippen LogP contribution in [0.25, 0.3) is 98.7 Å². The van der Waals surface area contributed by atoms with Gasteiger partial charge in [0.1, 0.15) is 0 Å². The van der Waals surface area contributed by atoms with Crippen LogP contribution in [-0.4, -0.2) is 0 Å². The van der Waals surface area contributed by atoms with Gasteiger partial charge in [-0.1, -0.05) is 244 Å². The predicted molar refractivity (Wildman–Crippen MR) is 605 cm³/mol. The van der Waals surface area contributed by atoms with Crippen LogP contribution >= 0.6 is 0 Å². The fourth-order valence-electron chi connectivity index (χ4n) is 43.4. The highest BCUT2D eigenvalue weighted by atomic mass is 15.2. The van der Waals surface area contributed by atoms with Gasteiger partial charge in [-0.05, 0) is 554 Å². The molecule has 0 heterocycles. The van der Waals surface area contributed by atoms with E-state index in [0.717, 1.165) is 118 Å². The van der Waals surface area contributed by atoms with Crippen LogP contribution < -0.4 is 9.80 Å². The molecule has 12 atom stereocenters. The lowest BCUT2D eigenvalue weighted by Crippen LogP contribution is -2.50. The Balaban J connectivity index is 0.716. The van der Waals surface area contributed by atoms with Gasteiger partial charge in [0.2, 0.25) is 0 Å². The summed E-state index contributed by atoms with van der Waals surface area (Å²) in [5.41, 5.74) is 35.8. The minimum atomic E-state index is 0.166. The van der Waals surface area contributed by atoms with Crippen molar-refractivity contribution in [3.05, 3.63) is 311 Å². The molecule has 0 saturated heterocycles. The molecular weight excluding hydrogens is 1760 g/mol. The van der Waals surface area contributed by atoms with Gasteiger partial charge in [0.05, 0.1) is 11.4 Å². The highest BCUT2D eigenvalue weighted by Gasteiger charge is 2.59. The molecule has 0 radical (unpaired) electrons. The second-order valence-corrected chi connectivity index (χ2v) is 55.7. The van der Waals surface area contributed by atoms with E-state index in [1.807, 2.05) is 0 Å². The molecule has 0 aliphatic heterocycles. The van der Waals surface area contributed by atoms with Gasteiger partial charge in [0, 0.05) is 55.1 Å². The van der Waals surface area contributed by atoms with Gasteiger partial charge in [0.25, 0.3) is 0 Å². The second-order valence-electron chi connectivity index (χ2n) is 55.7. The molecule has 24 aliphatic carbocycles. The van der Waals surface area contributed by atoms with Crippen LogP contribution in [-0.2, 0) is 21.7 Å². The Morgan fingerprint density at radius 1 is 0.178 bits per heavy atom. The lowest BCUT2D eigenvalue weighted by molar-refractivity contribution is -0.00856. The van der Waals surface area contributed by atoms with E-state index in [-0.39, 0.29) is 21.7 Å². The Morgan fingerprint density at radius 3 is 0.630 bits per heavy atom. The quantitative estimate of drug-likeness (QED) is 0.0745. The Bertz CT molecular complexity index is 6840. The van der Waals surface area contributed by atoms with E-state index in [9.17, 15) is 0 Å². The molecule has 38 rings (SSSR count). The first-order valence-corrected chi connectivity index (χ1v) is 60.4. The van der Waals surface area contributed by atoms with E-state index in [1.54, 1.807) is 44.5 Å². The van der Waals surface area contributed by atoms with E-state index < -0.39 is 0 Å². The SMILES string of the molecule is c1ccc(-c2cccc3c(N(c4cc(C5CC6CCC5C6)cc(C5CC6CCC5C6)c4)c4cc(C56CC7CC(CC(C7)C5)C6)cc(C56CC7CC(CC(C7)C5)C6)c4)c4c(-c5ccccc5)cccc4c(-c4c5cccc(-c6ccccc6)c5c(N(c5cc(C6CC7CCC6C7)cc(C6CC7CCC6C7)c5)c5cc(C67CC8CC(CC(C8)C6)C7)cc(C67CC8CC(CC(C8)C6)C7)c5)c5cccc(-c6ccccc6)c45)c23)cc1. The maximum atomic E-state index is 3.14. The van der Waals surface area contributed by atoms with Gasteiger partial charge >= 0.3 is 0 Å². The molecule has 24 saturated carbocycles. The number of hydrogen-bond donors (Lipinski definition) is 0. The van der Waals surface area contributed by atoms with Crippen molar-refractivity contribution < 1.29 is 0 Å². The Hall–Kier alpha value is -10.3. The summed E-state index contributed by atoms with van der Waals surface area (Å²) in [7, 11) is 0. The maximum absolute atomic E-state index is 3.14. The Morgan fingerprint density at radius 2 is 0.404 bits per heavy atom. The zero-order valence-electron chi connectivity index (χ0n) is 86.4. The Kier molecular flexibility index (Phi) is 19.3. The maximum Gasteiger partial charge on any atom is 0.0625 e. The standard InChI is InChI=1S/C144H148N2/c1-5-17-101(18-6-1)121-25-15-31-127-133(121)137(125-29-13-27-123(103-21-9-3-10-22-103)135(125)139(127)145(117-63-109(129-57-85-33-37-105(129)53-85)61-110(64-117)130-58-86-34-38-106(130)54-86)119-69-113(141-73-89-41-90(74-141)43-91(42-89)75-141)67-114(70-119)142-76-92-44-93(77-142)46-94(45-92)78-142)138-126-30-14-28-124(104-23-11-4-12-24-104)136(126)140(128-32-16-26-122(134(128)138)102-19-7-2-8-20-102)146(118-65-111(131-59-87-35-39-107(131)55-87)62-112(66-118)132-60-88-36-40-108(132)56-88)120-71-115(143-79-95-47-96(80-143)49-97(48-95)81-143)68-116(72-120)144-82-98-50-99(83-144)52-100(51-98)84-144/h1-32,61-72,85-100,105-108,129-132H,33-60,73-84H2. The summed E-state index contributed by atoms with van der Waals surface area (Å²) in [6.07, 6.45) is 55.8. The van der Waals surface area contributed by atoms with Gasteiger partial charge in [-0.15, -0.1) is 0 Å². The summed E-state index contributed by atoms with van der Waals surface area (Å²) in [5, 5.41) is 10.9. The van der Waals surface area contributed by atoms with E-state index in [4.69, 9.17) is 0 Å². The molecular formula is C144H148N2. The number of rotatable bonds is 19. The van der Waals surface area contributed by atoms with Crippen LogP contribution in [0.5, 0.6) is 0 Å². The molecule has 2 heteroatoms. The lowest BCUT2D eigenvalue weighted by Gasteiger charge is -2.58. The normalized spacial score (nSPS) is 36.2. The van der Waals surface area contributed by atoms with Crippen molar-refractivity contribution in [2.45, 2.75) is 302 Å². The van der Waals surface area contributed by atoms with Gasteiger partial charge in [0.15, 0.2) is 0 Å². The van der Waals surface area contributed by atoms with E-state index in [1.165, 1.54) is 390 Å². The van der Waals surface area contributed by atoms with Crippen LogP contribution in [0, 0.1) is 118 Å². The van der Waals surface area contributed by atoms with Gasteiger partial charge < -0.3 is 9.80 Å². The second kappa shape index (κ2) is 32.6. The summed E-state index contributed by atoms with van der Waals surface area (Å²) in [6, 6.07) is 115. The van der Waals surface area contributed by atoms with Gasteiger partial charge in [-0.25, -0.2) is 0 Å². The molecule has 0 N–H and O–H groups in total. The van der Waals surface area contributed by atoms with Gasteiger partial charge in [-0.3, -0.25) is 0 Å². The predicted octanol–water partition coefficient (Wildman–Crippen LogP) is 39.1. The molecule has 24 aliphatic rings. The molecule has 0 spiro atoms. The molecule has 0 aromatic heterocycles. The highest BCUT2D eigenvalue weighted by Crippen LogP contribution is 2.72. The fraction of sp³-hybridized carbons (Fsp3) is 0.472. The first-order chi connectivity index (χ1) is 71.9. The summed E-state index contributed by atoms with van der Waals surface area (Å²) in [6.45, 7) is 0. The monoisotopic (exact) mass is 1910 g/mol. The average molecular weight is 1910 g/mol. The number of nitrogens with zero attached hydrogens (tertiary/aromatic N) is 2. The number of fused-ring (bicyclic) bond motifs is 12. The van der Waals surface area contributed by atoms with Gasteiger partial charge in [-0.2, -0.15) is 0 Å². The van der Waals surface area contributed by atoms with Crippen molar-refractivity contribution in [2.75, 3.05) is 9.80 Å². The lowest BCUT2D eigenvalue weighted by atomic mass is 9.46. The molecule has 146 heavy (non-hydrogen) atoms. The highest BCUT2D eigenvalue weighted by molar-refractivity contribution is 6.36. The zero-order valence-corrected chi connectivity index (χ0v) is 86.4. The zero-order chi connectivity index (χ0) is 94.9. The first-order valence-electron chi connectivity index (χ1n) is 60.4. The van der Waals surface area contributed by atoms with Crippen LogP contribution in [0.15, 0.2) is 267 Å². The van der Waals surface area contributed by atoms with Crippen LogP contribution in [0.1, 0.15) is 325 Å². The largest absolute Gasteiger partial charge is 0.309 e. The molecule has 24 fully saturated rings. The van der Waals surface area contributed by atoms with Crippen molar-refractivity contribution in [3.8, 4) is 55.6 Å². The third-order valence-corrected chi connectivity index (χ3v) is 47.4. The molecule has 734 valence electrons. The minimum Gasteiger partial charge on any atom is -0.309 e. The van der Waals surface area contributed by atoms with Crippen molar-refractivity contribution in [3.63, 3.8) is 0 Å². The number of anilines is 6. The van der Waals surface area contributed by atoms with Crippen LogP contribution in [0.2, 0.25) is 0 Å². The van der Waals surface area contributed by atoms with Crippen LogP contribution in [0.4, 0.5) is 34.1 Å². The molecule has 12 unspecified atom stereocenters. The number of benzene rings is 14. The smallest absolute Gasteiger partial charge is 0.0625 e. The molecule has 2 nitrogen and oxygen atoms in total. The molecule has 14 aromatic rings. The van der Waals surface area contributed by atoms with Crippen molar-refractivity contribution in [1.82, 2.24) is 0 Å². The first kappa shape index (κ1) is 86.5. The third kappa shape index (κ3) is 13.5. The fourth-order valence-corrected chi connectivity index (χ4v) is 43.4. The average Bonchev–Trinajstić information content (AvgIpc) is 0.972. The summed E-state index contributed by atoms with van der Waals surface area (Å²) < 4.78 is 0. The van der Waals surface area contributed by atoms with Crippen LogP contribution in [0.3, 0.4) is 0 Å². The molecule has 14 aromatic carbocycles. The van der Waals surface area contributed by atoms with Crippen molar-refractivity contribution in [1.29, 1.82) is 0 Å². The Labute approximate surface area is 868 Å². The topological polar surface area (TPSA) is 6.48 Å². The van der Waals surface area contributed by atoms with E-state index >= 15 is 0 Å². The summed E-state index contributed by atoms with van der Waals surface area (Å²) in [5.74, 6) is 18.5. The summed E-state index contributed by atoms with van der Waals surface area (Å²) in [4.78, 5) is 6.28. The number of hydrogen-bond acceptors (Lipinski definition) is 2. The summed E-state index contributed by atoms with van der Waals surface area (Å²) >= 11 is 0. The van der Waals surface area contributed by atoms with Crippen molar-refractivity contribution >= 4 is 77.2 Å². The van der Waals surface area contributed by atoms with E-state index in [0.29, 0.717) is 23.7 Å². The van der Waals surface area contributed by atoms with E-state index in [2.05, 4.69) is 277 Å². The minimum absolute atomic E-state index is 0.166. The third-order valence-electron chi connectivity index (χ3n) is 47.4. The molecule has 24 bridgehead atoms. The van der Waals surface area contributed by atoms with Crippen molar-refractivity contribution in [2.24, 2.45) is 118 Å².